The van der Waals surface area contributed by atoms with Gasteiger partial charge in [-0.05, 0) is 12.1 Å². The molecule has 1 heterocycles. The first-order valence-corrected chi connectivity index (χ1v) is 8.96. The number of halogens is 1. The standard InChI is InChI=1S/C20H24FN3O/c21-18-8-4-5-9-19(18)22-20(25)10-11-23-12-14-24(15-13-23)16-17-6-2-1-3-7-17/h1-9H,10-16H2,(H,22,25)/p+2. The quantitative estimate of drug-likeness (QED) is 0.686. The van der Waals surface area contributed by atoms with Crippen LogP contribution in [0.2, 0.25) is 0 Å². The Bertz CT molecular complexity index is 684. The van der Waals surface area contributed by atoms with Gasteiger partial charge in [-0.2, -0.15) is 0 Å². The number of nitrogens with one attached hydrogen (secondary N) is 3. The van der Waals surface area contributed by atoms with Gasteiger partial charge in [0.1, 0.15) is 38.5 Å². The minimum absolute atomic E-state index is 0.114. The third-order valence-electron chi connectivity index (χ3n) is 4.81. The Morgan fingerprint density at radius 1 is 0.920 bits per heavy atom. The monoisotopic (exact) mass is 343 g/mol. The zero-order valence-electron chi connectivity index (χ0n) is 14.4. The molecular weight excluding hydrogens is 317 g/mol. The van der Waals surface area contributed by atoms with Crippen molar-refractivity contribution in [3.8, 4) is 0 Å². The lowest BCUT2D eigenvalue weighted by atomic mass is 10.2. The minimum Gasteiger partial charge on any atom is -0.325 e. The summed E-state index contributed by atoms with van der Waals surface area (Å²) in [6, 6.07) is 16.9. The van der Waals surface area contributed by atoms with Crippen LogP contribution in [-0.2, 0) is 11.3 Å². The highest BCUT2D eigenvalue weighted by Gasteiger charge is 2.23. The molecule has 0 aliphatic carbocycles. The van der Waals surface area contributed by atoms with E-state index in [0.717, 1.165) is 39.3 Å². The number of piperazine rings is 1. The predicted octanol–water partition coefficient (Wildman–Crippen LogP) is 0.138. The smallest absolute Gasteiger partial charge is 0.230 e. The molecule has 0 radical (unpaired) electrons. The van der Waals surface area contributed by atoms with Crippen LogP contribution in [0.25, 0.3) is 0 Å². The molecule has 132 valence electrons. The second-order valence-corrected chi connectivity index (χ2v) is 6.69. The average molecular weight is 343 g/mol. The van der Waals surface area contributed by atoms with Crippen LogP contribution < -0.4 is 15.1 Å². The van der Waals surface area contributed by atoms with Gasteiger partial charge in [0, 0.05) is 5.56 Å². The summed E-state index contributed by atoms with van der Waals surface area (Å²) in [6.07, 6.45) is 0.428. The second kappa shape index (κ2) is 8.74. The minimum atomic E-state index is -0.388. The lowest BCUT2D eigenvalue weighted by Crippen LogP contribution is -3.27. The van der Waals surface area contributed by atoms with Crippen molar-refractivity contribution in [1.29, 1.82) is 0 Å². The number of carbonyl (C=O) groups excluding carboxylic acids is 1. The summed E-state index contributed by atoms with van der Waals surface area (Å²) in [5.41, 5.74) is 1.64. The normalized spacial score (nSPS) is 20.2. The van der Waals surface area contributed by atoms with E-state index in [-0.39, 0.29) is 17.4 Å². The number of benzene rings is 2. The van der Waals surface area contributed by atoms with Crippen LogP contribution >= 0.6 is 0 Å². The molecule has 2 aromatic rings. The van der Waals surface area contributed by atoms with Crippen molar-refractivity contribution in [3.63, 3.8) is 0 Å². The molecule has 0 aromatic heterocycles. The van der Waals surface area contributed by atoms with E-state index >= 15 is 0 Å². The summed E-state index contributed by atoms with van der Waals surface area (Å²) in [6.45, 7) is 6.28. The maximum atomic E-state index is 13.5. The fourth-order valence-electron chi connectivity index (χ4n) is 3.33. The van der Waals surface area contributed by atoms with E-state index in [2.05, 4.69) is 29.6 Å². The van der Waals surface area contributed by atoms with E-state index in [4.69, 9.17) is 0 Å². The van der Waals surface area contributed by atoms with Crippen molar-refractivity contribution in [2.75, 3.05) is 38.0 Å². The van der Waals surface area contributed by atoms with Crippen molar-refractivity contribution in [2.45, 2.75) is 13.0 Å². The average Bonchev–Trinajstić information content (AvgIpc) is 2.64. The number of para-hydroxylation sites is 1. The third-order valence-corrected chi connectivity index (χ3v) is 4.81. The van der Waals surface area contributed by atoms with Crippen LogP contribution in [0.1, 0.15) is 12.0 Å². The van der Waals surface area contributed by atoms with Gasteiger partial charge in [0.2, 0.25) is 5.91 Å². The molecule has 1 aliphatic rings. The van der Waals surface area contributed by atoms with E-state index in [0.29, 0.717) is 6.42 Å². The van der Waals surface area contributed by atoms with Gasteiger partial charge in [-0.25, -0.2) is 4.39 Å². The molecule has 0 saturated carbocycles. The molecule has 5 heteroatoms. The lowest BCUT2D eigenvalue weighted by molar-refractivity contribution is -1.02. The highest BCUT2D eigenvalue weighted by atomic mass is 19.1. The number of rotatable bonds is 6. The maximum Gasteiger partial charge on any atom is 0.230 e. The van der Waals surface area contributed by atoms with Crippen molar-refractivity contribution in [1.82, 2.24) is 0 Å². The first kappa shape index (κ1) is 17.6. The predicted molar refractivity (Wildman–Crippen MR) is 96.1 cm³/mol. The van der Waals surface area contributed by atoms with Gasteiger partial charge in [-0.15, -0.1) is 0 Å². The number of hydrogen-bond donors (Lipinski definition) is 3. The number of amides is 1. The molecule has 1 aliphatic heterocycles. The molecule has 3 rings (SSSR count). The lowest BCUT2D eigenvalue weighted by Gasteiger charge is -2.29. The van der Waals surface area contributed by atoms with Crippen LogP contribution in [0.15, 0.2) is 54.6 Å². The Balaban J connectivity index is 1.38. The Hall–Kier alpha value is -2.24. The molecule has 0 unspecified atom stereocenters. The number of carbonyl (C=O) groups is 1. The van der Waals surface area contributed by atoms with Gasteiger partial charge in [-0.1, -0.05) is 42.5 Å². The van der Waals surface area contributed by atoms with Gasteiger partial charge in [0.15, 0.2) is 0 Å². The summed E-state index contributed by atoms with van der Waals surface area (Å²) in [7, 11) is 0. The summed E-state index contributed by atoms with van der Waals surface area (Å²) in [5.74, 6) is -0.502. The van der Waals surface area contributed by atoms with E-state index < -0.39 is 0 Å². The van der Waals surface area contributed by atoms with Gasteiger partial charge in [0.25, 0.3) is 0 Å². The molecule has 25 heavy (non-hydrogen) atoms. The van der Waals surface area contributed by atoms with E-state index in [9.17, 15) is 9.18 Å². The van der Waals surface area contributed by atoms with Crippen LogP contribution in [0.3, 0.4) is 0 Å². The fraction of sp³-hybridized carbons (Fsp3) is 0.350. The summed E-state index contributed by atoms with van der Waals surface area (Å²) < 4.78 is 13.5. The van der Waals surface area contributed by atoms with Crippen LogP contribution in [0, 0.1) is 5.82 Å². The molecule has 1 saturated heterocycles. The van der Waals surface area contributed by atoms with Crippen molar-refractivity contribution in [2.24, 2.45) is 0 Å². The number of quaternary nitrogens is 2. The molecule has 0 bridgehead atoms. The van der Waals surface area contributed by atoms with Crippen molar-refractivity contribution in [3.05, 3.63) is 66.0 Å². The number of anilines is 1. The van der Waals surface area contributed by atoms with E-state index in [1.165, 1.54) is 16.5 Å². The maximum absolute atomic E-state index is 13.5. The Morgan fingerprint density at radius 2 is 1.56 bits per heavy atom. The summed E-state index contributed by atoms with van der Waals surface area (Å²) in [5, 5.41) is 2.66. The molecule has 2 aromatic carbocycles. The summed E-state index contributed by atoms with van der Waals surface area (Å²) in [4.78, 5) is 15.1. The Morgan fingerprint density at radius 3 is 2.28 bits per heavy atom. The zero-order chi connectivity index (χ0) is 17.5. The second-order valence-electron chi connectivity index (χ2n) is 6.69. The van der Waals surface area contributed by atoms with Gasteiger partial charge in [-0.3, -0.25) is 4.79 Å². The van der Waals surface area contributed by atoms with Crippen LogP contribution in [-0.4, -0.2) is 38.6 Å². The van der Waals surface area contributed by atoms with Crippen molar-refractivity contribution < 1.29 is 19.0 Å². The van der Waals surface area contributed by atoms with Crippen LogP contribution in [0.4, 0.5) is 10.1 Å². The van der Waals surface area contributed by atoms with Gasteiger partial charge < -0.3 is 15.1 Å². The van der Waals surface area contributed by atoms with E-state index in [1.807, 2.05) is 6.07 Å². The third kappa shape index (κ3) is 5.37. The number of hydrogen-bond acceptors (Lipinski definition) is 1. The molecule has 3 N–H and O–H groups in total. The van der Waals surface area contributed by atoms with Gasteiger partial charge in [0.05, 0.1) is 18.7 Å². The SMILES string of the molecule is O=C(CC[NH+]1CC[NH+](Cc2ccccc2)CC1)Nc1ccccc1F. The molecule has 1 amide bonds. The Kier molecular flexibility index (Phi) is 6.14. The fourth-order valence-corrected chi connectivity index (χ4v) is 3.33. The molecule has 0 atom stereocenters. The molecule has 1 fully saturated rings. The first-order chi connectivity index (χ1) is 12.2. The highest BCUT2D eigenvalue weighted by Crippen LogP contribution is 2.12. The Labute approximate surface area is 148 Å². The largest absolute Gasteiger partial charge is 0.325 e. The molecular formula is C20H26FN3O+2. The topological polar surface area (TPSA) is 38.0 Å². The molecule has 0 spiro atoms. The summed E-state index contributed by atoms with van der Waals surface area (Å²) >= 11 is 0. The van der Waals surface area contributed by atoms with Crippen LogP contribution in [0.5, 0.6) is 0 Å². The van der Waals surface area contributed by atoms with Gasteiger partial charge >= 0.3 is 0 Å². The van der Waals surface area contributed by atoms with Crippen molar-refractivity contribution >= 4 is 11.6 Å². The highest BCUT2D eigenvalue weighted by molar-refractivity contribution is 5.90. The zero-order valence-corrected chi connectivity index (χ0v) is 14.4. The first-order valence-electron chi connectivity index (χ1n) is 8.96. The molecule has 4 nitrogen and oxygen atoms in total. The van der Waals surface area contributed by atoms with E-state index in [1.54, 1.807) is 23.1 Å².